The van der Waals surface area contributed by atoms with Crippen LogP contribution in [0.3, 0.4) is 0 Å². The second-order valence-corrected chi connectivity index (χ2v) is 21.5. The summed E-state index contributed by atoms with van der Waals surface area (Å²) in [4.78, 5) is 0. The SMILES string of the molecule is Cc1cc(-c2ccc3c(c2C)-c2cc4ccccc4cc2C(C)(C)C3(C)C)[n+](C)cc1C.Cc1cc(-c2ccc3c(c2C)-c2ccc4ccccc4c2C(C)(C)C3(C)C)[n+](C)cc1C. The Morgan fingerprint density at radius 3 is 1.31 bits per heavy atom. The fourth-order valence-corrected chi connectivity index (χ4v) is 11.5. The lowest BCUT2D eigenvalue weighted by Gasteiger charge is -2.49. The van der Waals surface area contributed by atoms with Gasteiger partial charge in [-0.1, -0.05) is 128 Å². The van der Waals surface area contributed by atoms with Gasteiger partial charge in [-0.2, -0.15) is 0 Å². The van der Waals surface area contributed by atoms with Crippen molar-refractivity contribution < 1.29 is 9.13 Å². The molecule has 2 heterocycles. The van der Waals surface area contributed by atoms with Gasteiger partial charge in [0.15, 0.2) is 12.4 Å². The maximum atomic E-state index is 2.44. The highest BCUT2D eigenvalue weighted by molar-refractivity contribution is 5.97. The quantitative estimate of drug-likeness (QED) is 0.153. The molecule has 10 rings (SSSR count). The van der Waals surface area contributed by atoms with Crippen molar-refractivity contribution in [1.29, 1.82) is 0 Å². The standard InChI is InChI=1S/2C31H34N/c1-19-15-28(32(8)18-20(19)2)24-13-14-26-29(21(24)3)25-16-22-11-9-10-12-23(22)17-27(25)31(6,7)30(26,4)5;1-19-17-27(32(8)18-20(19)2)23-15-16-26-28(21(23)3)25-14-13-22-11-9-10-12-24(22)29(25)31(6,7)30(26,4)5/h2*9-18H,1-8H3/q2*+1. The lowest BCUT2D eigenvalue weighted by Crippen LogP contribution is -2.44. The molecule has 8 aromatic rings. The fraction of sp³-hybridized carbons (Fsp3) is 0.323. The first kappa shape index (κ1) is 43.4. The molecule has 0 radical (unpaired) electrons. The first-order chi connectivity index (χ1) is 30.1. The van der Waals surface area contributed by atoms with Crippen molar-refractivity contribution in [1.82, 2.24) is 0 Å². The summed E-state index contributed by atoms with van der Waals surface area (Å²) in [7, 11) is 4.32. The zero-order chi connectivity index (χ0) is 46.0. The van der Waals surface area contributed by atoms with Gasteiger partial charge < -0.3 is 0 Å². The van der Waals surface area contributed by atoms with Gasteiger partial charge in [0.2, 0.25) is 11.4 Å². The molecule has 2 nitrogen and oxygen atoms in total. The van der Waals surface area contributed by atoms with Crippen LogP contribution in [0.4, 0.5) is 0 Å². The molecular weight excluding hydrogens is 773 g/mol. The number of nitrogens with zero attached hydrogens (tertiary/aromatic N) is 2. The summed E-state index contributed by atoms with van der Waals surface area (Å²) in [5.41, 5.74) is 24.8. The normalized spacial score (nSPS) is 16.0. The molecule has 0 unspecified atom stereocenters. The van der Waals surface area contributed by atoms with Crippen LogP contribution in [0, 0.1) is 41.5 Å². The van der Waals surface area contributed by atoms with Gasteiger partial charge in [-0.05, 0) is 170 Å². The molecule has 0 saturated heterocycles. The van der Waals surface area contributed by atoms with E-state index in [-0.39, 0.29) is 21.7 Å². The van der Waals surface area contributed by atoms with E-state index in [2.05, 4.69) is 242 Å². The number of fused-ring (bicyclic) bond motifs is 9. The first-order valence-electron chi connectivity index (χ1n) is 23.4. The molecular formula is C62H68N2+2. The van der Waals surface area contributed by atoms with Crippen LogP contribution in [0.15, 0.2) is 122 Å². The van der Waals surface area contributed by atoms with E-state index in [0.29, 0.717) is 0 Å². The van der Waals surface area contributed by atoms with Gasteiger partial charge >= 0.3 is 0 Å². The number of aromatic nitrogens is 2. The second-order valence-electron chi connectivity index (χ2n) is 21.5. The summed E-state index contributed by atoms with van der Waals surface area (Å²) in [5.74, 6) is 0. The molecule has 0 atom stereocenters. The van der Waals surface area contributed by atoms with Gasteiger partial charge in [0.25, 0.3) is 0 Å². The molecule has 6 aromatic carbocycles. The van der Waals surface area contributed by atoms with Crippen molar-refractivity contribution in [3.05, 3.63) is 177 Å². The molecule has 2 heteroatoms. The molecule has 0 N–H and O–H groups in total. The van der Waals surface area contributed by atoms with Crippen LogP contribution in [0.2, 0.25) is 0 Å². The fourth-order valence-electron chi connectivity index (χ4n) is 11.5. The van der Waals surface area contributed by atoms with E-state index in [4.69, 9.17) is 0 Å². The van der Waals surface area contributed by atoms with Crippen LogP contribution in [0.1, 0.15) is 111 Å². The average molecular weight is 841 g/mol. The third-order valence-corrected chi connectivity index (χ3v) is 17.1. The summed E-state index contributed by atoms with van der Waals surface area (Å²) < 4.78 is 4.55. The van der Waals surface area contributed by atoms with Crippen molar-refractivity contribution in [2.75, 3.05) is 0 Å². The molecule has 0 amide bonds. The minimum absolute atomic E-state index is 0.00806. The van der Waals surface area contributed by atoms with Crippen LogP contribution in [-0.2, 0) is 35.8 Å². The van der Waals surface area contributed by atoms with Gasteiger partial charge in [-0.3, -0.25) is 0 Å². The highest BCUT2D eigenvalue weighted by atomic mass is 14.9. The summed E-state index contributed by atoms with van der Waals surface area (Å²) >= 11 is 0. The minimum Gasteiger partial charge on any atom is -0.201 e. The van der Waals surface area contributed by atoms with Crippen LogP contribution in [-0.4, -0.2) is 0 Å². The topological polar surface area (TPSA) is 7.76 Å². The van der Waals surface area contributed by atoms with Gasteiger partial charge in [0.1, 0.15) is 14.1 Å². The van der Waals surface area contributed by atoms with Crippen molar-refractivity contribution >= 4 is 21.5 Å². The summed E-state index contributed by atoms with van der Waals surface area (Å²) in [6.45, 7) is 32.8. The minimum atomic E-state index is 0.00806. The highest BCUT2D eigenvalue weighted by Gasteiger charge is 2.48. The lowest BCUT2D eigenvalue weighted by molar-refractivity contribution is -0.660. The third-order valence-electron chi connectivity index (χ3n) is 17.1. The predicted octanol–water partition coefficient (Wildman–Crippen LogP) is 15.0. The van der Waals surface area contributed by atoms with E-state index >= 15 is 0 Å². The number of pyridine rings is 2. The van der Waals surface area contributed by atoms with E-state index in [0.717, 1.165) is 0 Å². The van der Waals surface area contributed by atoms with Gasteiger partial charge in [-0.25, -0.2) is 9.13 Å². The van der Waals surface area contributed by atoms with Crippen molar-refractivity contribution in [3.63, 3.8) is 0 Å². The van der Waals surface area contributed by atoms with Gasteiger partial charge in [0.05, 0.1) is 0 Å². The van der Waals surface area contributed by atoms with Crippen LogP contribution < -0.4 is 9.13 Å². The van der Waals surface area contributed by atoms with Crippen LogP contribution >= 0.6 is 0 Å². The Morgan fingerprint density at radius 1 is 0.359 bits per heavy atom. The second kappa shape index (κ2) is 14.8. The molecule has 64 heavy (non-hydrogen) atoms. The van der Waals surface area contributed by atoms with Crippen molar-refractivity contribution in [2.45, 2.75) is 119 Å². The summed E-state index contributed by atoms with van der Waals surface area (Å²) in [6.07, 6.45) is 4.50. The third kappa shape index (κ3) is 6.26. The Morgan fingerprint density at radius 2 is 0.781 bits per heavy atom. The summed E-state index contributed by atoms with van der Waals surface area (Å²) in [6, 6.07) is 41.3. The zero-order valence-electron chi connectivity index (χ0n) is 41.4. The molecule has 0 saturated carbocycles. The molecule has 2 aliphatic carbocycles. The summed E-state index contributed by atoms with van der Waals surface area (Å²) in [5, 5.41) is 5.35. The number of aryl methyl sites for hydroxylation is 6. The predicted molar refractivity (Wildman–Crippen MR) is 273 cm³/mol. The Hall–Kier alpha value is -5.86. The van der Waals surface area contributed by atoms with E-state index in [1.54, 1.807) is 0 Å². The molecule has 2 aromatic heterocycles. The number of benzene rings is 6. The van der Waals surface area contributed by atoms with Crippen LogP contribution in [0.5, 0.6) is 0 Å². The molecule has 0 bridgehead atoms. The number of rotatable bonds is 2. The van der Waals surface area contributed by atoms with Gasteiger partial charge in [0, 0.05) is 39.8 Å². The molecule has 0 aliphatic heterocycles. The maximum Gasteiger partial charge on any atom is 0.212 e. The van der Waals surface area contributed by atoms with Crippen LogP contribution in [0.25, 0.3) is 66.3 Å². The largest absolute Gasteiger partial charge is 0.212 e. The highest BCUT2D eigenvalue weighted by Crippen LogP contribution is 2.58. The lowest BCUT2D eigenvalue weighted by atomic mass is 9.54. The smallest absolute Gasteiger partial charge is 0.201 e. The molecule has 324 valence electrons. The van der Waals surface area contributed by atoms with E-state index < -0.39 is 0 Å². The maximum absolute atomic E-state index is 2.44. The Labute approximate surface area is 383 Å². The van der Waals surface area contributed by atoms with E-state index in [1.807, 2.05) is 0 Å². The molecule has 0 fully saturated rings. The molecule has 2 aliphatic rings. The number of hydrogen-bond acceptors (Lipinski definition) is 0. The van der Waals surface area contributed by atoms with Gasteiger partial charge in [-0.15, -0.1) is 0 Å². The molecule has 0 spiro atoms. The first-order valence-corrected chi connectivity index (χ1v) is 23.4. The van der Waals surface area contributed by atoms with E-state index in [1.165, 1.54) is 122 Å². The Kier molecular flexibility index (Phi) is 10.1. The average Bonchev–Trinajstić information content (AvgIpc) is 3.24. The Balaban J connectivity index is 0.000000162. The number of hydrogen-bond donors (Lipinski definition) is 0. The van der Waals surface area contributed by atoms with Crippen molar-refractivity contribution in [2.24, 2.45) is 14.1 Å². The zero-order valence-corrected chi connectivity index (χ0v) is 41.4. The monoisotopic (exact) mass is 841 g/mol. The van der Waals surface area contributed by atoms with Crippen molar-refractivity contribution in [3.8, 4) is 44.8 Å². The Bertz CT molecular complexity index is 3130. The van der Waals surface area contributed by atoms with E-state index in [9.17, 15) is 0 Å².